The highest BCUT2D eigenvalue weighted by Gasteiger charge is 2.10. The van der Waals surface area contributed by atoms with Crippen molar-refractivity contribution in [3.63, 3.8) is 0 Å². The van der Waals surface area contributed by atoms with Crippen LogP contribution >= 0.6 is 28.7 Å². The molecule has 0 radical (unpaired) electrons. The zero-order chi connectivity index (χ0) is 12.7. The highest BCUT2D eigenvalue weighted by atomic mass is 79.9. The van der Waals surface area contributed by atoms with Gasteiger partial charge in [0.15, 0.2) is 5.17 Å². The molecule has 98 valence electrons. The van der Waals surface area contributed by atoms with Crippen molar-refractivity contribution in [2.24, 2.45) is 5.73 Å². The minimum absolute atomic E-state index is 0. The second kappa shape index (κ2) is 8.77. The van der Waals surface area contributed by atoms with Crippen LogP contribution < -0.4 is 5.73 Å². The summed E-state index contributed by atoms with van der Waals surface area (Å²) >= 11 is 1.09. The monoisotopic (exact) mass is 330 g/mol. The summed E-state index contributed by atoms with van der Waals surface area (Å²) in [6.45, 7) is 0. The molecule has 0 unspecified atom stereocenters. The number of rotatable bonds is 4. The van der Waals surface area contributed by atoms with E-state index in [1.54, 1.807) is 6.08 Å². The molecule has 0 amide bonds. The number of benzene rings is 1. The molecule has 1 rings (SSSR count). The van der Waals surface area contributed by atoms with Crippen molar-refractivity contribution in [2.45, 2.75) is 0 Å². The van der Waals surface area contributed by atoms with Crippen LogP contribution in [0.1, 0.15) is 5.56 Å². The lowest BCUT2D eigenvalue weighted by Crippen LogP contribution is -2.11. The van der Waals surface area contributed by atoms with E-state index in [1.165, 1.54) is 7.11 Å². The van der Waals surface area contributed by atoms with Gasteiger partial charge in [-0.2, -0.15) is 0 Å². The zero-order valence-corrected chi connectivity index (χ0v) is 12.4. The van der Waals surface area contributed by atoms with Gasteiger partial charge < -0.3 is 10.5 Å². The van der Waals surface area contributed by atoms with E-state index in [9.17, 15) is 4.79 Å². The van der Waals surface area contributed by atoms with E-state index in [2.05, 4.69) is 4.74 Å². The third-order valence-electron chi connectivity index (χ3n) is 1.97. The maximum Gasteiger partial charge on any atom is 0.334 e. The summed E-state index contributed by atoms with van der Waals surface area (Å²) in [4.78, 5) is 11.5. The topological polar surface area (TPSA) is 76.2 Å². The van der Waals surface area contributed by atoms with Crippen LogP contribution in [-0.2, 0) is 9.53 Å². The first kappa shape index (κ1) is 16.7. The Labute approximate surface area is 121 Å². The summed E-state index contributed by atoms with van der Waals surface area (Å²) in [5.41, 5.74) is 6.64. The first-order chi connectivity index (χ1) is 8.13. The van der Waals surface area contributed by atoms with E-state index >= 15 is 0 Å². The molecule has 0 spiro atoms. The fourth-order valence-electron chi connectivity index (χ4n) is 1.20. The Morgan fingerprint density at radius 2 is 2.06 bits per heavy atom. The van der Waals surface area contributed by atoms with Gasteiger partial charge in [0.05, 0.1) is 7.11 Å². The number of esters is 1. The fraction of sp³-hybridized carbons (Fsp3) is 0.167. The van der Waals surface area contributed by atoms with Crippen molar-refractivity contribution in [1.29, 1.82) is 5.41 Å². The first-order valence-corrected chi connectivity index (χ1v) is 5.93. The van der Waals surface area contributed by atoms with Crippen LogP contribution in [0.25, 0.3) is 6.08 Å². The van der Waals surface area contributed by atoms with Crippen molar-refractivity contribution in [3.05, 3.63) is 41.5 Å². The molecular weight excluding hydrogens is 316 g/mol. The molecule has 0 saturated heterocycles. The summed E-state index contributed by atoms with van der Waals surface area (Å²) in [6.07, 6.45) is 1.74. The maximum atomic E-state index is 11.5. The SMILES string of the molecule is Br.COC(=O)/C(=C/c1ccccc1)CSC(=N)N. The lowest BCUT2D eigenvalue weighted by atomic mass is 10.1. The molecule has 0 saturated carbocycles. The molecular formula is C12H15BrN2O2S. The maximum absolute atomic E-state index is 11.5. The Hall–Kier alpha value is -1.27. The van der Waals surface area contributed by atoms with Gasteiger partial charge in [0.1, 0.15) is 0 Å². The Morgan fingerprint density at radius 1 is 1.44 bits per heavy atom. The van der Waals surface area contributed by atoms with Gasteiger partial charge in [0, 0.05) is 11.3 Å². The molecule has 1 aromatic rings. The van der Waals surface area contributed by atoms with Crippen LogP contribution in [0.15, 0.2) is 35.9 Å². The number of amidine groups is 1. The molecule has 4 nitrogen and oxygen atoms in total. The Morgan fingerprint density at radius 3 is 2.56 bits per heavy atom. The Balaban J connectivity index is 0.00000289. The number of thioether (sulfide) groups is 1. The largest absolute Gasteiger partial charge is 0.466 e. The van der Waals surface area contributed by atoms with Gasteiger partial charge in [-0.15, -0.1) is 17.0 Å². The molecule has 0 atom stereocenters. The average Bonchev–Trinajstić information content (AvgIpc) is 2.34. The Kier molecular flexibility index (Phi) is 8.15. The lowest BCUT2D eigenvalue weighted by molar-refractivity contribution is -0.135. The number of nitrogens with one attached hydrogen (secondary N) is 1. The van der Waals surface area contributed by atoms with Crippen LogP contribution in [0.2, 0.25) is 0 Å². The summed E-state index contributed by atoms with van der Waals surface area (Å²) in [5.74, 6) is -0.0701. The zero-order valence-electron chi connectivity index (χ0n) is 9.88. The van der Waals surface area contributed by atoms with Crippen LogP contribution in [0.4, 0.5) is 0 Å². The van der Waals surface area contributed by atoms with Crippen LogP contribution in [0.3, 0.4) is 0 Å². The van der Waals surface area contributed by atoms with Gasteiger partial charge >= 0.3 is 5.97 Å². The van der Waals surface area contributed by atoms with Gasteiger partial charge in [-0.1, -0.05) is 42.1 Å². The number of nitrogens with two attached hydrogens (primary N) is 1. The molecule has 1 aromatic carbocycles. The second-order valence-corrected chi connectivity index (χ2v) is 4.24. The molecule has 0 aromatic heterocycles. The van der Waals surface area contributed by atoms with Crippen molar-refractivity contribution in [2.75, 3.05) is 12.9 Å². The van der Waals surface area contributed by atoms with E-state index in [4.69, 9.17) is 11.1 Å². The third kappa shape index (κ3) is 5.88. The van der Waals surface area contributed by atoms with Gasteiger partial charge in [-0.25, -0.2) is 4.79 Å². The molecule has 0 aliphatic carbocycles. The number of halogens is 1. The third-order valence-corrected chi connectivity index (χ3v) is 2.74. The summed E-state index contributed by atoms with van der Waals surface area (Å²) in [5, 5.41) is 7.11. The van der Waals surface area contributed by atoms with E-state index in [0.717, 1.165) is 17.3 Å². The van der Waals surface area contributed by atoms with Gasteiger partial charge in [-0.05, 0) is 11.6 Å². The highest BCUT2D eigenvalue weighted by Crippen LogP contribution is 2.13. The quantitative estimate of drug-likeness (QED) is 0.385. The van der Waals surface area contributed by atoms with Crippen molar-refractivity contribution in [3.8, 4) is 0 Å². The van der Waals surface area contributed by atoms with Crippen LogP contribution in [0.5, 0.6) is 0 Å². The number of hydrogen-bond acceptors (Lipinski definition) is 4. The van der Waals surface area contributed by atoms with E-state index in [-0.39, 0.29) is 22.1 Å². The predicted molar refractivity (Wildman–Crippen MR) is 81.1 cm³/mol. The van der Waals surface area contributed by atoms with E-state index in [1.807, 2.05) is 30.3 Å². The molecule has 0 aliphatic heterocycles. The van der Waals surface area contributed by atoms with Crippen LogP contribution in [0, 0.1) is 5.41 Å². The minimum Gasteiger partial charge on any atom is -0.466 e. The lowest BCUT2D eigenvalue weighted by Gasteiger charge is -2.04. The molecule has 6 heteroatoms. The summed E-state index contributed by atoms with van der Waals surface area (Å²) < 4.78 is 4.69. The second-order valence-electron chi connectivity index (χ2n) is 3.22. The molecule has 0 fully saturated rings. The highest BCUT2D eigenvalue weighted by molar-refractivity contribution is 8.93. The molecule has 3 N–H and O–H groups in total. The number of methoxy groups -OCH3 is 1. The smallest absolute Gasteiger partial charge is 0.334 e. The molecule has 0 aliphatic rings. The van der Waals surface area contributed by atoms with E-state index < -0.39 is 5.97 Å². The number of carbonyl (C=O) groups excluding carboxylic acids is 1. The van der Waals surface area contributed by atoms with Crippen molar-refractivity contribution in [1.82, 2.24) is 0 Å². The molecule has 18 heavy (non-hydrogen) atoms. The predicted octanol–water partition coefficient (Wildman–Crippen LogP) is 2.45. The summed E-state index contributed by atoms with van der Waals surface area (Å²) in [7, 11) is 1.33. The van der Waals surface area contributed by atoms with Gasteiger partial charge in [0.25, 0.3) is 0 Å². The van der Waals surface area contributed by atoms with E-state index in [0.29, 0.717) is 11.3 Å². The van der Waals surface area contributed by atoms with Crippen molar-refractivity contribution >= 4 is 46.0 Å². The standard InChI is InChI=1S/C12H14N2O2S.BrH/c1-16-11(15)10(8-17-12(13)14)7-9-5-3-2-4-6-9;/h2-7H,8H2,1H3,(H3,13,14);1H/b10-7+;. The van der Waals surface area contributed by atoms with Crippen LogP contribution in [-0.4, -0.2) is 24.0 Å². The fourth-order valence-corrected chi connectivity index (χ4v) is 1.71. The number of ether oxygens (including phenoxy) is 1. The first-order valence-electron chi connectivity index (χ1n) is 4.94. The van der Waals surface area contributed by atoms with Gasteiger partial charge in [0.2, 0.25) is 0 Å². The number of carbonyl (C=O) groups is 1. The van der Waals surface area contributed by atoms with Crippen molar-refractivity contribution < 1.29 is 9.53 Å². The Bertz CT molecular complexity index is 435. The number of hydrogen-bond donors (Lipinski definition) is 2. The molecule has 0 heterocycles. The average molecular weight is 331 g/mol. The molecule has 0 bridgehead atoms. The minimum atomic E-state index is -0.400. The van der Waals surface area contributed by atoms with Gasteiger partial charge in [-0.3, -0.25) is 5.41 Å². The normalized spacial score (nSPS) is 10.4. The summed E-state index contributed by atoms with van der Waals surface area (Å²) in [6, 6.07) is 9.46.